The quantitative estimate of drug-likeness (QED) is 0.725. The standard InChI is InChI=1S/C15H17ClF2N2/c1-9(16)15-19-12-7-6-11(17)13(18)14(12)20(15)8-2-3-10-4-5-10/h6-7,9-10H,2-5,8H2,1H3. The van der Waals surface area contributed by atoms with Crippen molar-refractivity contribution in [3.63, 3.8) is 0 Å². The van der Waals surface area contributed by atoms with Gasteiger partial charge in [-0.3, -0.25) is 0 Å². The second kappa shape index (κ2) is 5.32. The summed E-state index contributed by atoms with van der Waals surface area (Å²) in [7, 11) is 0. The first-order valence-corrected chi connectivity index (χ1v) is 7.49. The lowest BCUT2D eigenvalue weighted by molar-refractivity contribution is 0.505. The molecule has 0 saturated heterocycles. The number of halogens is 3. The first-order chi connectivity index (χ1) is 9.58. The van der Waals surface area contributed by atoms with E-state index in [1.54, 1.807) is 11.5 Å². The largest absolute Gasteiger partial charge is 0.324 e. The molecule has 5 heteroatoms. The van der Waals surface area contributed by atoms with Crippen LogP contribution in [0, 0.1) is 17.6 Å². The number of aryl methyl sites for hydroxylation is 1. The fraction of sp³-hybridized carbons (Fsp3) is 0.533. The van der Waals surface area contributed by atoms with Crippen LogP contribution in [0.2, 0.25) is 0 Å². The third kappa shape index (κ3) is 2.53. The summed E-state index contributed by atoms with van der Waals surface area (Å²) in [4.78, 5) is 4.35. The van der Waals surface area contributed by atoms with Gasteiger partial charge in [0.1, 0.15) is 11.3 Å². The van der Waals surface area contributed by atoms with Gasteiger partial charge in [-0.2, -0.15) is 0 Å². The molecule has 0 spiro atoms. The molecule has 2 nitrogen and oxygen atoms in total. The van der Waals surface area contributed by atoms with Crippen LogP contribution in [0.4, 0.5) is 8.78 Å². The van der Waals surface area contributed by atoms with E-state index in [-0.39, 0.29) is 10.9 Å². The Labute approximate surface area is 121 Å². The van der Waals surface area contributed by atoms with E-state index in [1.807, 2.05) is 0 Å². The van der Waals surface area contributed by atoms with Crippen LogP contribution < -0.4 is 0 Å². The lowest BCUT2D eigenvalue weighted by Gasteiger charge is -2.10. The molecule has 0 N–H and O–H groups in total. The summed E-state index contributed by atoms with van der Waals surface area (Å²) >= 11 is 6.13. The molecule has 0 radical (unpaired) electrons. The molecule has 1 aliphatic rings. The fourth-order valence-electron chi connectivity index (χ4n) is 2.65. The summed E-state index contributed by atoms with van der Waals surface area (Å²) < 4.78 is 29.2. The van der Waals surface area contributed by atoms with Crippen LogP contribution in [0.25, 0.3) is 11.0 Å². The van der Waals surface area contributed by atoms with E-state index < -0.39 is 11.6 Å². The second-order valence-corrected chi connectivity index (χ2v) is 6.21. The van der Waals surface area contributed by atoms with Crippen LogP contribution in [0.5, 0.6) is 0 Å². The summed E-state index contributed by atoms with van der Waals surface area (Å²) in [6, 6.07) is 2.62. The van der Waals surface area contributed by atoms with E-state index in [9.17, 15) is 8.78 Å². The highest BCUT2D eigenvalue weighted by Crippen LogP contribution is 2.34. The Balaban J connectivity index is 1.99. The molecule has 1 heterocycles. The zero-order chi connectivity index (χ0) is 14.3. The summed E-state index contributed by atoms with van der Waals surface area (Å²) in [5.74, 6) is -0.232. The number of nitrogens with zero attached hydrogens (tertiary/aromatic N) is 2. The van der Waals surface area contributed by atoms with Crippen molar-refractivity contribution in [1.29, 1.82) is 0 Å². The zero-order valence-corrected chi connectivity index (χ0v) is 12.1. The number of hydrogen-bond acceptors (Lipinski definition) is 1. The average molecular weight is 299 g/mol. The minimum absolute atomic E-state index is 0.239. The van der Waals surface area contributed by atoms with Crippen molar-refractivity contribution in [2.24, 2.45) is 5.92 Å². The van der Waals surface area contributed by atoms with Crippen LogP contribution in [-0.4, -0.2) is 9.55 Å². The predicted molar refractivity (Wildman–Crippen MR) is 75.9 cm³/mol. The Kier molecular flexibility index (Phi) is 3.67. The van der Waals surface area contributed by atoms with Gasteiger partial charge in [-0.25, -0.2) is 13.8 Å². The van der Waals surface area contributed by atoms with E-state index in [0.29, 0.717) is 17.9 Å². The average Bonchev–Trinajstić information content (AvgIpc) is 3.14. The van der Waals surface area contributed by atoms with Crippen molar-refractivity contribution >= 4 is 22.6 Å². The van der Waals surface area contributed by atoms with E-state index in [2.05, 4.69) is 4.98 Å². The highest BCUT2D eigenvalue weighted by atomic mass is 35.5. The van der Waals surface area contributed by atoms with Gasteiger partial charge in [0.25, 0.3) is 0 Å². The Hall–Kier alpha value is -1.16. The molecule has 1 aromatic carbocycles. The highest BCUT2D eigenvalue weighted by Gasteiger charge is 2.22. The Morgan fingerprint density at radius 1 is 1.40 bits per heavy atom. The molecule has 1 aromatic heterocycles. The second-order valence-electron chi connectivity index (χ2n) is 5.55. The SMILES string of the molecule is CC(Cl)c1nc2ccc(F)c(F)c2n1CCCC1CC1. The highest BCUT2D eigenvalue weighted by molar-refractivity contribution is 6.20. The van der Waals surface area contributed by atoms with Gasteiger partial charge in [0.2, 0.25) is 0 Å². The molecule has 1 fully saturated rings. The maximum atomic E-state index is 14.1. The molecule has 1 atom stereocenters. The van der Waals surface area contributed by atoms with E-state index >= 15 is 0 Å². The van der Waals surface area contributed by atoms with Crippen molar-refractivity contribution in [1.82, 2.24) is 9.55 Å². The molecular formula is C15H17ClF2N2. The smallest absolute Gasteiger partial charge is 0.184 e. The summed E-state index contributed by atoms with van der Waals surface area (Å²) in [6.07, 6.45) is 4.67. The molecule has 20 heavy (non-hydrogen) atoms. The van der Waals surface area contributed by atoms with Crippen molar-refractivity contribution in [3.8, 4) is 0 Å². The molecule has 1 aliphatic carbocycles. The first-order valence-electron chi connectivity index (χ1n) is 7.06. The van der Waals surface area contributed by atoms with Gasteiger partial charge in [-0.15, -0.1) is 11.6 Å². The van der Waals surface area contributed by atoms with Crippen LogP contribution >= 0.6 is 11.6 Å². The van der Waals surface area contributed by atoms with Gasteiger partial charge < -0.3 is 4.57 Å². The van der Waals surface area contributed by atoms with E-state index in [4.69, 9.17) is 11.6 Å². The molecule has 108 valence electrons. The van der Waals surface area contributed by atoms with Gasteiger partial charge in [0.05, 0.1) is 10.9 Å². The fourth-order valence-corrected chi connectivity index (χ4v) is 2.82. The maximum Gasteiger partial charge on any atom is 0.184 e. The molecule has 0 amide bonds. The van der Waals surface area contributed by atoms with Crippen molar-refractivity contribution in [2.45, 2.75) is 44.5 Å². The van der Waals surface area contributed by atoms with Gasteiger partial charge in [0, 0.05) is 6.54 Å². The van der Waals surface area contributed by atoms with Crippen LogP contribution in [0.3, 0.4) is 0 Å². The monoisotopic (exact) mass is 298 g/mol. The van der Waals surface area contributed by atoms with Crippen molar-refractivity contribution < 1.29 is 8.78 Å². The third-order valence-electron chi connectivity index (χ3n) is 3.88. The molecule has 3 rings (SSSR count). The van der Waals surface area contributed by atoms with Crippen molar-refractivity contribution in [2.75, 3.05) is 0 Å². The van der Waals surface area contributed by atoms with Crippen LogP contribution in [-0.2, 0) is 6.54 Å². The van der Waals surface area contributed by atoms with Gasteiger partial charge in [-0.1, -0.05) is 12.8 Å². The Morgan fingerprint density at radius 2 is 2.15 bits per heavy atom. The lowest BCUT2D eigenvalue weighted by Crippen LogP contribution is -2.06. The molecule has 1 saturated carbocycles. The van der Waals surface area contributed by atoms with E-state index in [1.165, 1.54) is 18.9 Å². The van der Waals surface area contributed by atoms with Crippen molar-refractivity contribution in [3.05, 3.63) is 29.6 Å². The predicted octanol–water partition coefficient (Wildman–Crippen LogP) is 4.80. The van der Waals surface area contributed by atoms with Gasteiger partial charge in [0.15, 0.2) is 11.6 Å². The lowest BCUT2D eigenvalue weighted by atomic mass is 10.2. The molecular weight excluding hydrogens is 282 g/mol. The van der Waals surface area contributed by atoms with Crippen LogP contribution in [0.15, 0.2) is 12.1 Å². The Morgan fingerprint density at radius 3 is 2.80 bits per heavy atom. The van der Waals surface area contributed by atoms with E-state index in [0.717, 1.165) is 24.8 Å². The third-order valence-corrected chi connectivity index (χ3v) is 4.07. The number of imidazole rings is 1. The summed E-state index contributed by atoms with van der Waals surface area (Å²) in [5.41, 5.74) is 0.709. The first kappa shape index (κ1) is 13.8. The minimum Gasteiger partial charge on any atom is -0.324 e. The molecule has 0 bridgehead atoms. The topological polar surface area (TPSA) is 17.8 Å². The number of benzene rings is 1. The summed E-state index contributed by atoms with van der Waals surface area (Å²) in [5, 5.41) is -0.328. The maximum absolute atomic E-state index is 14.1. The van der Waals surface area contributed by atoms with Gasteiger partial charge >= 0.3 is 0 Å². The number of hydrogen-bond donors (Lipinski definition) is 0. The number of alkyl halides is 1. The van der Waals surface area contributed by atoms with Crippen LogP contribution in [0.1, 0.15) is 43.8 Å². The number of fused-ring (bicyclic) bond motifs is 1. The molecule has 2 aromatic rings. The molecule has 1 unspecified atom stereocenters. The number of aromatic nitrogens is 2. The normalized spacial score (nSPS) is 16.8. The summed E-state index contributed by atoms with van der Waals surface area (Å²) in [6.45, 7) is 2.44. The Bertz CT molecular complexity index is 632. The zero-order valence-electron chi connectivity index (χ0n) is 11.4. The minimum atomic E-state index is -0.838. The number of rotatable bonds is 5. The van der Waals surface area contributed by atoms with Gasteiger partial charge in [-0.05, 0) is 37.8 Å². The molecule has 0 aliphatic heterocycles.